The maximum Gasteiger partial charge on any atom is 0.191 e. The molecule has 2 aromatic rings. The first kappa shape index (κ1) is 14.1. The molecule has 1 atom stereocenters. The van der Waals surface area contributed by atoms with Crippen molar-refractivity contribution in [2.24, 2.45) is 7.05 Å². The Labute approximate surface area is 130 Å². The summed E-state index contributed by atoms with van der Waals surface area (Å²) in [4.78, 5) is 0. The van der Waals surface area contributed by atoms with Crippen molar-refractivity contribution in [3.63, 3.8) is 0 Å². The van der Waals surface area contributed by atoms with Gasteiger partial charge < -0.3 is 9.67 Å². The molecule has 6 heteroatoms. The highest BCUT2D eigenvalue weighted by Gasteiger charge is 2.26. The molecule has 1 unspecified atom stereocenters. The second kappa shape index (κ2) is 5.87. The topological polar surface area (TPSA) is 50.9 Å². The molecule has 0 aliphatic heterocycles. The minimum atomic E-state index is 0.107. The average molecular weight is 354 g/mol. The zero-order valence-electron chi connectivity index (χ0n) is 11.2. The number of thioether (sulfide) groups is 1. The molecule has 0 fully saturated rings. The predicted octanol–water partition coefficient (Wildman–Crippen LogP) is 2.89. The second-order valence-electron chi connectivity index (χ2n) is 4.88. The lowest BCUT2D eigenvalue weighted by molar-refractivity contribution is 0.295. The summed E-state index contributed by atoms with van der Waals surface area (Å²) in [5.41, 5.74) is 2.82. The fourth-order valence-electron chi connectivity index (χ4n) is 2.59. The van der Waals surface area contributed by atoms with Gasteiger partial charge in [-0.05, 0) is 30.0 Å². The van der Waals surface area contributed by atoms with Gasteiger partial charge >= 0.3 is 0 Å². The molecule has 1 heterocycles. The van der Waals surface area contributed by atoms with Gasteiger partial charge in [-0.3, -0.25) is 0 Å². The van der Waals surface area contributed by atoms with Crippen molar-refractivity contribution >= 4 is 27.7 Å². The number of aromatic nitrogens is 3. The van der Waals surface area contributed by atoms with Crippen LogP contribution in [0.5, 0.6) is 0 Å². The first-order valence-electron chi connectivity index (χ1n) is 6.63. The molecule has 0 radical (unpaired) electrons. The lowest BCUT2D eigenvalue weighted by Crippen LogP contribution is -2.02. The third-order valence-corrected chi connectivity index (χ3v) is 5.75. The molecule has 0 saturated heterocycles. The predicted molar refractivity (Wildman–Crippen MR) is 82.9 cm³/mol. The van der Waals surface area contributed by atoms with Gasteiger partial charge in [0.25, 0.3) is 0 Å². The average Bonchev–Trinajstić information content (AvgIpc) is 2.99. The van der Waals surface area contributed by atoms with E-state index in [0.29, 0.717) is 11.7 Å². The van der Waals surface area contributed by atoms with Crippen LogP contribution in [0.4, 0.5) is 0 Å². The van der Waals surface area contributed by atoms with Crippen molar-refractivity contribution in [2.75, 3.05) is 6.61 Å². The number of benzene rings is 1. The van der Waals surface area contributed by atoms with E-state index in [4.69, 9.17) is 5.11 Å². The molecule has 0 saturated carbocycles. The Kier molecular flexibility index (Phi) is 4.14. The van der Waals surface area contributed by atoms with Crippen molar-refractivity contribution in [3.8, 4) is 0 Å². The zero-order valence-corrected chi connectivity index (χ0v) is 13.6. The fourth-order valence-corrected chi connectivity index (χ4v) is 4.36. The van der Waals surface area contributed by atoms with E-state index in [1.807, 2.05) is 11.6 Å². The molecule has 3 rings (SSSR count). The zero-order chi connectivity index (χ0) is 14.1. The van der Waals surface area contributed by atoms with E-state index in [-0.39, 0.29) is 6.61 Å². The van der Waals surface area contributed by atoms with Gasteiger partial charge in [0, 0.05) is 23.2 Å². The summed E-state index contributed by atoms with van der Waals surface area (Å²) in [6, 6.07) is 6.40. The highest BCUT2D eigenvalue weighted by molar-refractivity contribution is 9.10. The SMILES string of the molecule is Cn1c(CCO)nnc1SC1CCc2c(Br)cccc21. The smallest absolute Gasteiger partial charge is 0.191 e. The Morgan fingerprint density at radius 2 is 2.30 bits per heavy atom. The van der Waals surface area contributed by atoms with Crippen molar-refractivity contribution < 1.29 is 5.11 Å². The lowest BCUT2D eigenvalue weighted by Gasteiger charge is -2.11. The molecule has 106 valence electrons. The van der Waals surface area contributed by atoms with Crippen LogP contribution in [-0.4, -0.2) is 26.5 Å². The van der Waals surface area contributed by atoms with Crippen molar-refractivity contribution in [1.82, 2.24) is 14.8 Å². The molecular weight excluding hydrogens is 338 g/mol. The molecule has 1 aromatic heterocycles. The van der Waals surface area contributed by atoms with Gasteiger partial charge in [0.1, 0.15) is 5.82 Å². The molecule has 0 bridgehead atoms. The number of aliphatic hydroxyl groups excluding tert-OH is 1. The monoisotopic (exact) mass is 353 g/mol. The molecule has 1 aromatic carbocycles. The van der Waals surface area contributed by atoms with Gasteiger partial charge in [-0.2, -0.15) is 0 Å². The third kappa shape index (κ3) is 2.52. The van der Waals surface area contributed by atoms with Crippen LogP contribution in [0.3, 0.4) is 0 Å². The van der Waals surface area contributed by atoms with Crippen LogP contribution in [-0.2, 0) is 19.9 Å². The van der Waals surface area contributed by atoms with Gasteiger partial charge in [-0.25, -0.2) is 0 Å². The van der Waals surface area contributed by atoms with Gasteiger partial charge in [0.15, 0.2) is 5.16 Å². The van der Waals surface area contributed by atoms with E-state index in [1.165, 1.54) is 15.6 Å². The highest BCUT2D eigenvalue weighted by atomic mass is 79.9. The maximum absolute atomic E-state index is 9.01. The highest BCUT2D eigenvalue weighted by Crippen LogP contribution is 2.45. The minimum Gasteiger partial charge on any atom is -0.396 e. The van der Waals surface area contributed by atoms with Crippen molar-refractivity contribution in [1.29, 1.82) is 0 Å². The van der Waals surface area contributed by atoms with Crippen LogP contribution in [0.25, 0.3) is 0 Å². The quantitative estimate of drug-likeness (QED) is 0.917. The molecule has 1 aliphatic carbocycles. The Bertz CT molecular complexity index is 629. The van der Waals surface area contributed by atoms with Crippen LogP contribution >= 0.6 is 27.7 Å². The van der Waals surface area contributed by atoms with E-state index in [2.05, 4.69) is 44.3 Å². The Morgan fingerprint density at radius 1 is 1.45 bits per heavy atom. The van der Waals surface area contributed by atoms with Gasteiger partial charge in [0.05, 0.1) is 6.61 Å². The molecular formula is C14H16BrN3OS. The summed E-state index contributed by atoms with van der Waals surface area (Å²) >= 11 is 5.39. The van der Waals surface area contributed by atoms with Crippen LogP contribution in [0.1, 0.15) is 28.6 Å². The maximum atomic E-state index is 9.01. The van der Waals surface area contributed by atoms with E-state index >= 15 is 0 Å². The molecule has 0 amide bonds. The number of hydrogen-bond acceptors (Lipinski definition) is 4. The van der Waals surface area contributed by atoms with Gasteiger partial charge in [0.2, 0.25) is 0 Å². The summed E-state index contributed by atoms with van der Waals surface area (Å²) in [7, 11) is 1.96. The van der Waals surface area contributed by atoms with Crippen LogP contribution in [0.2, 0.25) is 0 Å². The number of aliphatic hydroxyl groups is 1. The fraction of sp³-hybridized carbons (Fsp3) is 0.429. The first-order chi connectivity index (χ1) is 9.70. The van der Waals surface area contributed by atoms with Crippen LogP contribution in [0, 0.1) is 0 Å². The lowest BCUT2D eigenvalue weighted by atomic mass is 10.1. The van der Waals surface area contributed by atoms with Crippen LogP contribution < -0.4 is 0 Å². The van der Waals surface area contributed by atoms with Crippen molar-refractivity contribution in [2.45, 2.75) is 29.7 Å². The normalized spacial score (nSPS) is 17.4. The van der Waals surface area contributed by atoms with Crippen LogP contribution in [0.15, 0.2) is 27.8 Å². The molecule has 1 aliphatic rings. The van der Waals surface area contributed by atoms with E-state index in [9.17, 15) is 0 Å². The summed E-state index contributed by atoms with van der Waals surface area (Å²) in [5, 5.41) is 18.8. The minimum absolute atomic E-state index is 0.107. The van der Waals surface area contributed by atoms with E-state index in [1.54, 1.807) is 11.8 Å². The number of rotatable bonds is 4. The van der Waals surface area contributed by atoms with E-state index < -0.39 is 0 Å². The second-order valence-corrected chi connectivity index (χ2v) is 6.91. The van der Waals surface area contributed by atoms with E-state index in [0.717, 1.165) is 23.8 Å². The number of nitrogens with zero attached hydrogens (tertiary/aromatic N) is 3. The molecule has 20 heavy (non-hydrogen) atoms. The number of hydrogen-bond donors (Lipinski definition) is 1. The largest absolute Gasteiger partial charge is 0.396 e. The Hall–Kier alpha value is -0.850. The van der Waals surface area contributed by atoms with Gasteiger partial charge in [-0.1, -0.05) is 39.8 Å². The summed E-state index contributed by atoms with van der Waals surface area (Å²) in [6.07, 6.45) is 2.79. The first-order valence-corrected chi connectivity index (χ1v) is 8.31. The van der Waals surface area contributed by atoms with Gasteiger partial charge in [-0.15, -0.1) is 10.2 Å². The summed E-state index contributed by atoms with van der Waals surface area (Å²) in [5.74, 6) is 0.836. The van der Waals surface area contributed by atoms with Crippen molar-refractivity contribution in [3.05, 3.63) is 39.6 Å². The molecule has 0 spiro atoms. The molecule has 4 nitrogen and oxygen atoms in total. The standard InChI is InChI=1S/C14H16BrN3OS/c1-18-13(7-8-19)16-17-14(18)20-12-6-5-9-10(12)3-2-4-11(9)15/h2-4,12,19H,5-8H2,1H3. The Balaban J connectivity index is 1.82. The number of fused-ring (bicyclic) bond motifs is 1. The summed E-state index contributed by atoms with van der Waals surface area (Å²) in [6.45, 7) is 0.107. The summed E-state index contributed by atoms with van der Waals surface area (Å²) < 4.78 is 3.19. The molecule has 1 N–H and O–H groups in total. The number of halogens is 1. The Morgan fingerprint density at radius 3 is 3.10 bits per heavy atom. The third-order valence-electron chi connectivity index (χ3n) is 3.67.